The van der Waals surface area contributed by atoms with Crippen LogP contribution in [0.2, 0.25) is 0 Å². The molecular weight excluding hydrogens is 262 g/mol. The van der Waals surface area contributed by atoms with E-state index in [1.807, 2.05) is 37.3 Å². The summed E-state index contributed by atoms with van der Waals surface area (Å²) in [5.74, 6) is 0.591. The molecular formula is C17H19N3O. The van der Waals surface area contributed by atoms with Crippen LogP contribution in [0, 0.1) is 6.92 Å². The highest BCUT2D eigenvalue weighted by molar-refractivity contribution is 5.98. The summed E-state index contributed by atoms with van der Waals surface area (Å²) >= 11 is 0. The van der Waals surface area contributed by atoms with Crippen molar-refractivity contribution in [2.24, 2.45) is 0 Å². The predicted octanol–water partition coefficient (Wildman–Crippen LogP) is 2.89. The van der Waals surface area contributed by atoms with Crippen molar-refractivity contribution in [2.75, 3.05) is 5.32 Å². The largest absolute Gasteiger partial charge is 0.367 e. The molecule has 1 fully saturated rings. The number of hydrogen-bond acceptors (Lipinski definition) is 3. The third-order valence-corrected chi connectivity index (χ3v) is 3.54. The van der Waals surface area contributed by atoms with Crippen LogP contribution in [-0.2, 0) is 6.54 Å². The van der Waals surface area contributed by atoms with E-state index < -0.39 is 0 Å². The van der Waals surface area contributed by atoms with Crippen molar-refractivity contribution >= 4 is 11.7 Å². The Morgan fingerprint density at radius 1 is 1.24 bits per heavy atom. The zero-order valence-corrected chi connectivity index (χ0v) is 12.1. The number of anilines is 1. The normalized spacial score (nSPS) is 13.8. The summed E-state index contributed by atoms with van der Waals surface area (Å²) in [5, 5.41) is 6.25. The third-order valence-electron chi connectivity index (χ3n) is 3.54. The molecule has 1 saturated carbocycles. The van der Waals surface area contributed by atoms with Crippen LogP contribution in [0.3, 0.4) is 0 Å². The van der Waals surface area contributed by atoms with Gasteiger partial charge in [-0.1, -0.05) is 29.8 Å². The summed E-state index contributed by atoms with van der Waals surface area (Å²) in [6, 6.07) is 12.2. The van der Waals surface area contributed by atoms with Gasteiger partial charge in [-0.2, -0.15) is 0 Å². The molecule has 0 spiro atoms. The van der Waals surface area contributed by atoms with E-state index in [0.717, 1.165) is 18.4 Å². The van der Waals surface area contributed by atoms with E-state index in [1.165, 1.54) is 5.56 Å². The molecule has 2 aromatic rings. The van der Waals surface area contributed by atoms with Crippen LogP contribution >= 0.6 is 0 Å². The van der Waals surface area contributed by atoms with Gasteiger partial charge >= 0.3 is 0 Å². The summed E-state index contributed by atoms with van der Waals surface area (Å²) in [6.07, 6.45) is 4.02. The van der Waals surface area contributed by atoms with Crippen LogP contribution in [0.1, 0.15) is 34.3 Å². The number of carbonyl (C=O) groups excluding carboxylic acids is 1. The Bertz CT molecular complexity index is 633. The van der Waals surface area contributed by atoms with Crippen molar-refractivity contribution in [3.63, 3.8) is 0 Å². The molecule has 4 nitrogen and oxygen atoms in total. The second kappa shape index (κ2) is 5.95. The second-order valence-electron chi connectivity index (χ2n) is 5.49. The molecule has 1 aliphatic carbocycles. The SMILES string of the molecule is Cc1ccc(CNC(=O)c2cccnc2NC2CC2)cc1. The van der Waals surface area contributed by atoms with Crippen LogP contribution in [0.5, 0.6) is 0 Å². The van der Waals surface area contributed by atoms with E-state index in [0.29, 0.717) is 24.0 Å². The summed E-state index contributed by atoms with van der Waals surface area (Å²) in [5.41, 5.74) is 2.92. The zero-order valence-electron chi connectivity index (χ0n) is 12.1. The number of rotatable bonds is 5. The minimum absolute atomic E-state index is 0.0909. The molecule has 0 unspecified atom stereocenters. The number of nitrogens with zero attached hydrogens (tertiary/aromatic N) is 1. The summed E-state index contributed by atoms with van der Waals surface area (Å²) < 4.78 is 0. The Labute approximate surface area is 124 Å². The smallest absolute Gasteiger partial charge is 0.255 e. The average molecular weight is 281 g/mol. The van der Waals surface area contributed by atoms with Crippen LogP contribution in [-0.4, -0.2) is 16.9 Å². The molecule has 2 N–H and O–H groups in total. The van der Waals surface area contributed by atoms with Crippen molar-refractivity contribution in [1.29, 1.82) is 0 Å². The van der Waals surface area contributed by atoms with E-state index in [9.17, 15) is 4.79 Å². The average Bonchev–Trinajstić information content (AvgIpc) is 3.31. The highest BCUT2D eigenvalue weighted by Crippen LogP contribution is 2.25. The molecule has 1 heterocycles. The quantitative estimate of drug-likeness (QED) is 0.886. The fourth-order valence-corrected chi connectivity index (χ4v) is 2.11. The van der Waals surface area contributed by atoms with Gasteiger partial charge in [0.15, 0.2) is 0 Å². The number of amides is 1. The van der Waals surface area contributed by atoms with Gasteiger partial charge in [-0.3, -0.25) is 4.79 Å². The van der Waals surface area contributed by atoms with Gasteiger partial charge in [-0.15, -0.1) is 0 Å². The van der Waals surface area contributed by atoms with Gasteiger partial charge in [0.1, 0.15) is 5.82 Å². The fraction of sp³-hybridized carbons (Fsp3) is 0.294. The van der Waals surface area contributed by atoms with Gasteiger partial charge in [0, 0.05) is 18.8 Å². The van der Waals surface area contributed by atoms with Gasteiger partial charge < -0.3 is 10.6 Å². The van der Waals surface area contributed by atoms with Gasteiger partial charge in [0.05, 0.1) is 5.56 Å². The summed E-state index contributed by atoms with van der Waals surface area (Å²) in [4.78, 5) is 16.6. The van der Waals surface area contributed by atoms with Crippen molar-refractivity contribution in [3.8, 4) is 0 Å². The van der Waals surface area contributed by atoms with Crippen LogP contribution in [0.15, 0.2) is 42.6 Å². The maximum absolute atomic E-state index is 12.3. The summed E-state index contributed by atoms with van der Waals surface area (Å²) in [6.45, 7) is 2.57. The minimum Gasteiger partial charge on any atom is -0.367 e. The lowest BCUT2D eigenvalue weighted by molar-refractivity contribution is 0.0951. The lowest BCUT2D eigenvalue weighted by atomic mass is 10.1. The Hall–Kier alpha value is -2.36. The first-order valence-corrected chi connectivity index (χ1v) is 7.27. The Morgan fingerprint density at radius 2 is 2.00 bits per heavy atom. The number of benzene rings is 1. The minimum atomic E-state index is -0.0909. The van der Waals surface area contributed by atoms with Gasteiger partial charge in [-0.25, -0.2) is 4.98 Å². The first-order valence-electron chi connectivity index (χ1n) is 7.27. The maximum Gasteiger partial charge on any atom is 0.255 e. The highest BCUT2D eigenvalue weighted by Gasteiger charge is 2.23. The van der Waals surface area contributed by atoms with Crippen LogP contribution in [0.25, 0.3) is 0 Å². The van der Waals surface area contributed by atoms with Gasteiger partial charge in [0.25, 0.3) is 5.91 Å². The molecule has 3 rings (SSSR count). The molecule has 0 saturated heterocycles. The van der Waals surface area contributed by atoms with E-state index >= 15 is 0 Å². The first kappa shape index (κ1) is 13.6. The zero-order chi connectivity index (χ0) is 14.7. The number of aromatic nitrogens is 1. The molecule has 4 heteroatoms. The molecule has 0 radical (unpaired) electrons. The molecule has 1 aromatic carbocycles. The molecule has 0 atom stereocenters. The lowest BCUT2D eigenvalue weighted by Crippen LogP contribution is -2.24. The van der Waals surface area contributed by atoms with Crippen molar-refractivity contribution in [1.82, 2.24) is 10.3 Å². The number of nitrogens with one attached hydrogen (secondary N) is 2. The van der Waals surface area contributed by atoms with E-state index in [4.69, 9.17) is 0 Å². The maximum atomic E-state index is 12.3. The number of carbonyl (C=O) groups is 1. The molecule has 0 aliphatic heterocycles. The summed E-state index contributed by atoms with van der Waals surface area (Å²) in [7, 11) is 0. The highest BCUT2D eigenvalue weighted by atomic mass is 16.1. The number of aryl methyl sites for hydroxylation is 1. The van der Waals surface area contributed by atoms with Gasteiger partial charge in [-0.05, 0) is 37.5 Å². The first-order chi connectivity index (χ1) is 10.2. The van der Waals surface area contributed by atoms with Crippen LogP contribution < -0.4 is 10.6 Å². The Morgan fingerprint density at radius 3 is 2.71 bits per heavy atom. The molecule has 1 amide bonds. The van der Waals surface area contributed by atoms with Gasteiger partial charge in [0.2, 0.25) is 0 Å². The van der Waals surface area contributed by atoms with Crippen molar-refractivity contribution < 1.29 is 4.79 Å². The Kier molecular flexibility index (Phi) is 3.86. The molecule has 21 heavy (non-hydrogen) atoms. The number of pyridine rings is 1. The fourth-order valence-electron chi connectivity index (χ4n) is 2.11. The third kappa shape index (κ3) is 3.60. The number of hydrogen-bond donors (Lipinski definition) is 2. The van der Waals surface area contributed by atoms with E-state index in [2.05, 4.69) is 15.6 Å². The molecule has 1 aliphatic rings. The molecule has 0 bridgehead atoms. The second-order valence-corrected chi connectivity index (χ2v) is 5.49. The van der Waals surface area contributed by atoms with E-state index in [1.54, 1.807) is 12.3 Å². The molecule has 108 valence electrons. The topological polar surface area (TPSA) is 54.0 Å². The standard InChI is InChI=1S/C17H19N3O/c1-12-4-6-13(7-5-12)11-19-17(21)15-3-2-10-18-16(15)20-14-8-9-14/h2-7,10,14H,8-9,11H2,1H3,(H,18,20)(H,19,21). The predicted molar refractivity (Wildman–Crippen MR) is 83.2 cm³/mol. The Balaban J connectivity index is 1.65. The van der Waals surface area contributed by atoms with E-state index in [-0.39, 0.29) is 5.91 Å². The lowest BCUT2D eigenvalue weighted by Gasteiger charge is -2.10. The van der Waals surface area contributed by atoms with Crippen molar-refractivity contribution in [2.45, 2.75) is 32.4 Å². The van der Waals surface area contributed by atoms with Crippen molar-refractivity contribution in [3.05, 3.63) is 59.3 Å². The molecule has 1 aromatic heterocycles. The van der Waals surface area contributed by atoms with Crippen LogP contribution in [0.4, 0.5) is 5.82 Å². The monoisotopic (exact) mass is 281 g/mol.